The van der Waals surface area contributed by atoms with Crippen LogP contribution in [-0.2, 0) is 6.18 Å². The Balaban J connectivity index is 2.48. The standard InChI is InChI=1S/C16H20F4N2/c1-11(2)10-14(22-8-6-21-7-9-22)15-12(16(18,19)20)4-3-5-13(15)17/h3-5,14,21H,1,6-10H2,2H3/t14-/m1/s1. The Morgan fingerprint density at radius 3 is 2.50 bits per heavy atom. The molecule has 0 bridgehead atoms. The highest BCUT2D eigenvalue weighted by atomic mass is 19.4. The predicted octanol–water partition coefficient (Wildman–Crippen LogP) is 3.76. The van der Waals surface area contributed by atoms with Crippen LogP contribution in [0.25, 0.3) is 0 Å². The second-order valence-electron chi connectivity index (χ2n) is 5.66. The molecule has 0 unspecified atom stereocenters. The fraction of sp³-hybridized carbons (Fsp3) is 0.500. The number of nitrogens with one attached hydrogen (secondary N) is 1. The van der Waals surface area contributed by atoms with Crippen molar-refractivity contribution in [2.45, 2.75) is 25.6 Å². The predicted molar refractivity (Wildman–Crippen MR) is 78.0 cm³/mol. The molecule has 1 aliphatic heterocycles. The maximum atomic E-state index is 14.3. The van der Waals surface area contributed by atoms with Crippen LogP contribution in [0.4, 0.5) is 17.6 Å². The topological polar surface area (TPSA) is 15.3 Å². The van der Waals surface area contributed by atoms with Crippen LogP contribution in [0.15, 0.2) is 30.4 Å². The molecule has 1 aliphatic rings. The summed E-state index contributed by atoms with van der Waals surface area (Å²) in [5, 5.41) is 3.15. The van der Waals surface area contributed by atoms with Crippen LogP contribution >= 0.6 is 0 Å². The largest absolute Gasteiger partial charge is 0.416 e. The van der Waals surface area contributed by atoms with Crippen molar-refractivity contribution < 1.29 is 17.6 Å². The Hall–Kier alpha value is -1.40. The number of halogens is 4. The monoisotopic (exact) mass is 316 g/mol. The Bertz CT molecular complexity index is 533. The zero-order valence-corrected chi connectivity index (χ0v) is 12.5. The van der Waals surface area contributed by atoms with Gasteiger partial charge in [0.2, 0.25) is 0 Å². The van der Waals surface area contributed by atoms with E-state index in [4.69, 9.17) is 0 Å². The third kappa shape index (κ3) is 3.87. The number of hydrogen-bond acceptors (Lipinski definition) is 2. The van der Waals surface area contributed by atoms with Gasteiger partial charge in [-0.1, -0.05) is 11.6 Å². The maximum absolute atomic E-state index is 14.3. The minimum atomic E-state index is -4.57. The summed E-state index contributed by atoms with van der Waals surface area (Å²) in [7, 11) is 0. The van der Waals surface area contributed by atoms with Gasteiger partial charge in [-0.3, -0.25) is 4.90 Å². The molecule has 2 rings (SSSR count). The van der Waals surface area contributed by atoms with E-state index in [2.05, 4.69) is 11.9 Å². The molecule has 2 nitrogen and oxygen atoms in total. The van der Waals surface area contributed by atoms with Crippen molar-refractivity contribution in [2.24, 2.45) is 0 Å². The van der Waals surface area contributed by atoms with Crippen molar-refractivity contribution >= 4 is 0 Å². The van der Waals surface area contributed by atoms with E-state index in [9.17, 15) is 17.6 Å². The van der Waals surface area contributed by atoms with Gasteiger partial charge in [0.25, 0.3) is 0 Å². The Morgan fingerprint density at radius 1 is 1.32 bits per heavy atom. The lowest BCUT2D eigenvalue weighted by molar-refractivity contribution is -0.139. The summed E-state index contributed by atoms with van der Waals surface area (Å²) in [6.07, 6.45) is -4.26. The minimum Gasteiger partial charge on any atom is -0.314 e. The second-order valence-corrected chi connectivity index (χ2v) is 5.66. The molecular weight excluding hydrogens is 296 g/mol. The fourth-order valence-corrected chi connectivity index (χ4v) is 2.86. The summed E-state index contributed by atoms with van der Waals surface area (Å²) in [4.78, 5) is 1.90. The van der Waals surface area contributed by atoms with Crippen LogP contribution < -0.4 is 5.32 Å². The van der Waals surface area contributed by atoms with Crippen LogP contribution in [0.3, 0.4) is 0 Å². The molecule has 1 heterocycles. The van der Waals surface area contributed by atoms with Crippen molar-refractivity contribution in [3.8, 4) is 0 Å². The summed E-state index contributed by atoms with van der Waals surface area (Å²) in [5.74, 6) is -0.806. The zero-order chi connectivity index (χ0) is 16.3. The van der Waals surface area contributed by atoms with E-state index in [1.54, 1.807) is 6.92 Å². The lowest BCUT2D eigenvalue weighted by atomic mass is 9.93. The van der Waals surface area contributed by atoms with Gasteiger partial charge in [0.1, 0.15) is 5.82 Å². The van der Waals surface area contributed by atoms with E-state index in [0.29, 0.717) is 32.6 Å². The van der Waals surface area contributed by atoms with Gasteiger partial charge in [-0.05, 0) is 25.5 Å². The van der Waals surface area contributed by atoms with E-state index in [1.807, 2.05) is 4.90 Å². The van der Waals surface area contributed by atoms with Gasteiger partial charge in [0.15, 0.2) is 0 Å². The molecule has 0 spiro atoms. The number of hydrogen-bond donors (Lipinski definition) is 1. The summed E-state index contributed by atoms with van der Waals surface area (Å²) < 4.78 is 54.1. The maximum Gasteiger partial charge on any atom is 0.416 e. The van der Waals surface area contributed by atoms with E-state index >= 15 is 0 Å². The third-order valence-electron chi connectivity index (χ3n) is 3.83. The van der Waals surface area contributed by atoms with Crippen LogP contribution in [0.1, 0.15) is 30.5 Å². The molecule has 0 saturated carbocycles. The number of nitrogens with zero attached hydrogens (tertiary/aromatic N) is 1. The summed E-state index contributed by atoms with van der Waals surface area (Å²) in [6.45, 7) is 8.08. The highest BCUT2D eigenvalue weighted by molar-refractivity contribution is 5.35. The van der Waals surface area contributed by atoms with Gasteiger partial charge < -0.3 is 5.32 Å². The fourth-order valence-electron chi connectivity index (χ4n) is 2.86. The van der Waals surface area contributed by atoms with Gasteiger partial charge in [-0.15, -0.1) is 6.58 Å². The molecular formula is C16H20F4N2. The molecule has 0 aromatic heterocycles. The number of piperazine rings is 1. The van der Waals surface area contributed by atoms with Crippen molar-refractivity contribution in [2.75, 3.05) is 26.2 Å². The van der Waals surface area contributed by atoms with Crippen molar-refractivity contribution in [1.29, 1.82) is 0 Å². The zero-order valence-electron chi connectivity index (χ0n) is 12.5. The summed E-state index contributed by atoms with van der Waals surface area (Å²) >= 11 is 0. The summed E-state index contributed by atoms with van der Waals surface area (Å²) in [5.41, 5.74) is -0.419. The lowest BCUT2D eigenvalue weighted by Gasteiger charge is -2.36. The molecule has 1 N–H and O–H groups in total. The second kappa shape index (κ2) is 6.79. The molecule has 122 valence electrons. The van der Waals surface area contributed by atoms with Crippen molar-refractivity contribution in [3.63, 3.8) is 0 Å². The highest BCUT2D eigenvalue weighted by Gasteiger charge is 2.38. The third-order valence-corrected chi connectivity index (χ3v) is 3.83. The molecule has 1 atom stereocenters. The normalized spacial score (nSPS) is 18.2. The smallest absolute Gasteiger partial charge is 0.314 e. The average Bonchev–Trinajstić information content (AvgIpc) is 2.44. The average molecular weight is 316 g/mol. The number of benzene rings is 1. The quantitative estimate of drug-likeness (QED) is 0.672. The molecule has 0 amide bonds. The number of alkyl halides is 3. The SMILES string of the molecule is C=C(C)C[C@H](c1c(F)cccc1C(F)(F)F)N1CCNCC1. The van der Waals surface area contributed by atoms with E-state index < -0.39 is 23.6 Å². The van der Waals surface area contributed by atoms with Gasteiger partial charge in [0.05, 0.1) is 5.56 Å². The molecule has 1 aromatic carbocycles. The van der Waals surface area contributed by atoms with Gasteiger partial charge in [-0.25, -0.2) is 4.39 Å². The Labute approximate surface area is 127 Å². The molecule has 0 radical (unpaired) electrons. The van der Waals surface area contributed by atoms with Crippen LogP contribution in [-0.4, -0.2) is 31.1 Å². The molecule has 1 fully saturated rings. The summed E-state index contributed by atoms with van der Waals surface area (Å²) in [6, 6.07) is 2.51. The van der Waals surface area contributed by atoms with Crippen molar-refractivity contribution in [1.82, 2.24) is 10.2 Å². The molecule has 6 heteroatoms. The van der Waals surface area contributed by atoms with Gasteiger partial charge >= 0.3 is 6.18 Å². The van der Waals surface area contributed by atoms with Crippen LogP contribution in [0.2, 0.25) is 0 Å². The first kappa shape index (κ1) is 17.0. The Kier molecular flexibility index (Phi) is 5.24. The van der Waals surface area contributed by atoms with E-state index in [-0.39, 0.29) is 5.56 Å². The lowest BCUT2D eigenvalue weighted by Crippen LogP contribution is -2.45. The first-order valence-corrected chi connectivity index (χ1v) is 7.25. The van der Waals surface area contributed by atoms with Gasteiger partial charge in [-0.2, -0.15) is 13.2 Å². The van der Waals surface area contributed by atoms with Gasteiger partial charge in [0, 0.05) is 37.8 Å². The molecule has 0 aliphatic carbocycles. The van der Waals surface area contributed by atoms with E-state index in [1.165, 1.54) is 0 Å². The minimum absolute atomic E-state index is 0.264. The molecule has 1 saturated heterocycles. The van der Waals surface area contributed by atoms with Crippen LogP contribution in [0, 0.1) is 5.82 Å². The highest BCUT2D eigenvalue weighted by Crippen LogP contribution is 2.39. The van der Waals surface area contributed by atoms with Crippen LogP contribution in [0.5, 0.6) is 0 Å². The Morgan fingerprint density at radius 2 is 1.95 bits per heavy atom. The van der Waals surface area contributed by atoms with E-state index in [0.717, 1.165) is 23.8 Å². The first-order chi connectivity index (χ1) is 10.3. The number of rotatable bonds is 4. The molecule has 22 heavy (non-hydrogen) atoms. The van der Waals surface area contributed by atoms with Crippen molar-refractivity contribution in [3.05, 3.63) is 47.3 Å². The molecule has 1 aromatic rings. The first-order valence-electron chi connectivity index (χ1n) is 7.25.